The van der Waals surface area contributed by atoms with Crippen LogP contribution >= 0.6 is 11.6 Å². The quantitative estimate of drug-likeness (QED) is 0.687. The zero-order valence-electron chi connectivity index (χ0n) is 15.1. The van der Waals surface area contributed by atoms with Crippen LogP contribution in [0.3, 0.4) is 0 Å². The monoisotopic (exact) mass is 408 g/mol. The van der Waals surface area contributed by atoms with E-state index in [2.05, 4.69) is 10.6 Å². The van der Waals surface area contributed by atoms with Crippen molar-refractivity contribution in [1.29, 1.82) is 0 Å². The Bertz CT molecular complexity index is 890. The number of nitrogens with one attached hydrogen (secondary N) is 2. The van der Waals surface area contributed by atoms with Gasteiger partial charge in [-0.15, -0.1) is 0 Å². The Hall–Kier alpha value is -3.13. The molecule has 0 unspecified atom stereocenters. The summed E-state index contributed by atoms with van der Waals surface area (Å²) in [5.41, 5.74) is 0.383. The standard InChI is InChI=1S/C19H18ClFN2O5/c1-11(18(25)23-15-9-13(20)6-7-16(15)27-2)28-17(24)10-22-19(26)12-4-3-5-14(21)8-12/h3-9,11H,10H2,1-2H3,(H,22,26)(H,23,25)/t11-/m1/s1. The highest BCUT2D eigenvalue weighted by Crippen LogP contribution is 2.27. The number of methoxy groups -OCH3 is 1. The summed E-state index contributed by atoms with van der Waals surface area (Å²) >= 11 is 5.90. The maximum absolute atomic E-state index is 13.1. The predicted octanol–water partition coefficient (Wildman–Crippen LogP) is 2.79. The molecule has 28 heavy (non-hydrogen) atoms. The number of amides is 2. The van der Waals surface area contributed by atoms with E-state index in [1.165, 1.54) is 38.3 Å². The molecular formula is C19H18ClFN2O5. The van der Waals surface area contributed by atoms with Crippen LogP contribution in [-0.2, 0) is 14.3 Å². The van der Waals surface area contributed by atoms with Crippen LogP contribution in [0.2, 0.25) is 5.02 Å². The second kappa shape index (κ2) is 9.70. The number of hydrogen-bond donors (Lipinski definition) is 2. The van der Waals surface area contributed by atoms with Crippen molar-refractivity contribution >= 4 is 35.1 Å². The van der Waals surface area contributed by atoms with Gasteiger partial charge in [0.05, 0.1) is 12.8 Å². The molecule has 9 heteroatoms. The van der Waals surface area contributed by atoms with E-state index < -0.39 is 36.2 Å². The van der Waals surface area contributed by atoms with Crippen LogP contribution in [0.5, 0.6) is 5.75 Å². The Kier molecular flexibility index (Phi) is 7.34. The summed E-state index contributed by atoms with van der Waals surface area (Å²) in [6.07, 6.45) is -1.14. The molecule has 2 amide bonds. The van der Waals surface area contributed by atoms with Gasteiger partial charge < -0.3 is 20.1 Å². The van der Waals surface area contributed by atoms with Gasteiger partial charge in [0.2, 0.25) is 0 Å². The largest absolute Gasteiger partial charge is 0.495 e. The number of anilines is 1. The third kappa shape index (κ3) is 5.95. The van der Waals surface area contributed by atoms with Crippen molar-refractivity contribution in [3.05, 3.63) is 58.9 Å². The molecule has 1 atom stereocenters. The maximum Gasteiger partial charge on any atom is 0.326 e. The average molecular weight is 409 g/mol. The van der Waals surface area contributed by atoms with Gasteiger partial charge in [-0.25, -0.2) is 4.39 Å². The first-order valence-corrected chi connectivity index (χ1v) is 8.55. The lowest BCUT2D eigenvalue weighted by atomic mass is 10.2. The Morgan fingerprint density at radius 2 is 1.93 bits per heavy atom. The van der Waals surface area contributed by atoms with Crippen LogP contribution in [0.1, 0.15) is 17.3 Å². The Labute approximate surface area is 165 Å². The van der Waals surface area contributed by atoms with Gasteiger partial charge in [-0.1, -0.05) is 17.7 Å². The third-order valence-electron chi connectivity index (χ3n) is 3.58. The van der Waals surface area contributed by atoms with Crippen molar-refractivity contribution in [2.24, 2.45) is 0 Å². The zero-order chi connectivity index (χ0) is 20.7. The lowest BCUT2D eigenvalue weighted by Gasteiger charge is -2.15. The Morgan fingerprint density at radius 3 is 2.61 bits per heavy atom. The van der Waals surface area contributed by atoms with Crippen LogP contribution in [0.25, 0.3) is 0 Å². The second-order valence-corrected chi connectivity index (χ2v) is 6.10. The molecule has 0 saturated heterocycles. The van der Waals surface area contributed by atoms with Gasteiger partial charge in [0.1, 0.15) is 18.1 Å². The van der Waals surface area contributed by atoms with Crippen LogP contribution in [-0.4, -0.2) is 37.5 Å². The van der Waals surface area contributed by atoms with Gasteiger partial charge in [0, 0.05) is 10.6 Å². The van der Waals surface area contributed by atoms with Crippen molar-refractivity contribution in [1.82, 2.24) is 5.32 Å². The molecule has 0 aromatic heterocycles. The number of carbonyl (C=O) groups excluding carboxylic acids is 3. The van der Waals surface area contributed by atoms with E-state index in [1.54, 1.807) is 12.1 Å². The first kappa shape index (κ1) is 21.2. The maximum atomic E-state index is 13.1. The van der Waals surface area contributed by atoms with Crippen molar-refractivity contribution in [2.45, 2.75) is 13.0 Å². The molecule has 0 aliphatic heterocycles. The summed E-state index contributed by atoms with van der Waals surface area (Å²) < 4.78 is 23.2. The van der Waals surface area contributed by atoms with E-state index in [1.807, 2.05) is 0 Å². The minimum Gasteiger partial charge on any atom is -0.495 e. The molecule has 2 aromatic rings. The van der Waals surface area contributed by atoms with Gasteiger partial charge in [0.15, 0.2) is 6.10 Å². The van der Waals surface area contributed by atoms with Crippen molar-refractivity contribution < 1.29 is 28.2 Å². The normalized spacial score (nSPS) is 11.3. The van der Waals surface area contributed by atoms with E-state index in [0.717, 1.165) is 6.07 Å². The number of rotatable bonds is 7. The number of hydrogen-bond acceptors (Lipinski definition) is 5. The predicted molar refractivity (Wildman–Crippen MR) is 101 cm³/mol. The molecule has 2 rings (SSSR count). The molecule has 0 aliphatic rings. The first-order chi connectivity index (χ1) is 13.3. The summed E-state index contributed by atoms with van der Waals surface area (Å²) in [6, 6.07) is 9.68. The molecule has 0 fully saturated rings. The van der Waals surface area contributed by atoms with Crippen LogP contribution in [0, 0.1) is 5.82 Å². The molecule has 0 heterocycles. The van der Waals surface area contributed by atoms with Crippen molar-refractivity contribution in [3.8, 4) is 5.75 Å². The summed E-state index contributed by atoms with van der Waals surface area (Å²) in [5.74, 6) is -2.26. The van der Waals surface area contributed by atoms with Crippen molar-refractivity contribution in [2.75, 3.05) is 19.0 Å². The molecule has 0 spiro atoms. The van der Waals surface area contributed by atoms with Gasteiger partial charge in [0.25, 0.3) is 11.8 Å². The summed E-state index contributed by atoms with van der Waals surface area (Å²) in [7, 11) is 1.43. The Morgan fingerprint density at radius 1 is 1.18 bits per heavy atom. The van der Waals surface area contributed by atoms with E-state index in [-0.39, 0.29) is 5.56 Å². The van der Waals surface area contributed by atoms with Gasteiger partial charge in [-0.3, -0.25) is 14.4 Å². The smallest absolute Gasteiger partial charge is 0.326 e. The lowest BCUT2D eigenvalue weighted by molar-refractivity contribution is -0.152. The second-order valence-electron chi connectivity index (χ2n) is 5.66. The molecule has 2 N–H and O–H groups in total. The fourth-order valence-electron chi connectivity index (χ4n) is 2.19. The molecule has 0 saturated carbocycles. The molecule has 7 nitrogen and oxygen atoms in total. The first-order valence-electron chi connectivity index (χ1n) is 8.18. The minimum atomic E-state index is -1.14. The Balaban J connectivity index is 1.87. The lowest BCUT2D eigenvalue weighted by Crippen LogP contribution is -2.35. The number of esters is 1. The highest BCUT2D eigenvalue weighted by atomic mass is 35.5. The molecule has 2 aromatic carbocycles. The number of ether oxygens (including phenoxy) is 2. The average Bonchev–Trinajstić information content (AvgIpc) is 2.66. The molecule has 148 valence electrons. The SMILES string of the molecule is COc1ccc(Cl)cc1NC(=O)[C@@H](C)OC(=O)CNC(=O)c1cccc(F)c1. The minimum absolute atomic E-state index is 0.0617. The summed E-state index contributed by atoms with van der Waals surface area (Å²) in [6.45, 7) is 0.895. The fourth-order valence-corrected chi connectivity index (χ4v) is 2.36. The summed E-state index contributed by atoms with van der Waals surface area (Å²) in [5, 5.41) is 5.24. The topological polar surface area (TPSA) is 93.7 Å². The molecule has 0 bridgehead atoms. The number of halogens is 2. The number of carbonyl (C=O) groups is 3. The van der Waals surface area contributed by atoms with E-state index in [9.17, 15) is 18.8 Å². The van der Waals surface area contributed by atoms with Crippen LogP contribution < -0.4 is 15.4 Å². The van der Waals surface area contributed by atoms with Crippen molar-refractivity contribution in [3.63, 3.8) is 0 Å². The van der Waals surface area contributed by atoms with Gasteiger partial charge >= 0.3 is 5.97 Å². The summed E-state index contributed by atoms with van der Waals surface area (Å²) in [4.78, 5) is 35.9. The molecule has 0 radical (unpaired) electrons. The highest BCUT2D eigenvalue weighted by molar-refractivity contribution is 6.31. The van der Waals surface area contributed by atoms with Crippen LogP contribution in [0.15, 0.2) is 42.5 Å². The highest BCUT2D eigenvalue weighted by Gasteiger charge is 2.20. The molecular weight excluding hydrogens is 391 g/mol. The molecule has 0 aliphatic carbocycles. The number of benzene rings is 2. The van der Waals surface area contributed by atoms with Gasteiger partial charge in [-0.2, -0.15) is 0 Å². The van der Waals surface area contributed by atoms with E-state index >= 15 is 0 Å². The third-order valence-corrected chi connectivity index (χ3v) is 3.81. The fraction of sp³-hybridized carbons (Fsp3) is 0.211. The zero-order valence-corrected chi connectivity index (χ0v) is 15.9. The van der Waals surface area contributed by atoms with Crippen LogP contribution in [0.4, 0.5) is 10.1 Å². The van der Waals surface area contributed by atoms with E-state index in [4.69, 9.17) is 21.1 Å². The van der Waals surface area contributed by atoms with Gasteiger partial charge in [-0.05, 0) is 43.3 Å². The van der Waals surface area contributed by atoms with E-state index in [0.29, 0.717) is 16.5 Å².